The van der Waals surface area contributed by atoms with E-state index < -0.39 is 0 Å². The number of likely N-dealkylation sites (N-methyl/N-ethyl adjacent to an activating group) is 1. The molecule has 0 radical (unpaired) electrons. The molecule has 1 saturated heterocycles. The molecule has 3 nitrogen and oxygen atoms in total. The van der Waals surface area contributed by atoms with Crippen LogP contribution in [0.25, 0.3) is 0 Å². The van der Waals surface area contributed by atoms with Gasteiger partial charge in [-0.3, -0.25) is 4.90 Å². The van der Waals surface area contributed by atoms with Crippen LogP contribution in [0.1, 0.15) is 38.5 Å². The zero-order chi connectivity index (χ0) is 10.7. The molecule has 1 atom stereocenters. The summed E-state index contributed by atoms with van der Waals surface area (Å²) < 4.78 is 0. The Kier molecular flexibility index (Phi) is 3.65. The van der Waals surface area contributed by atoms with Gasteiger partial charge in [0, 0.05) is 19.1 Å². The van der Waals surface area contributed by atoms with E-state index >= 15 is 0 Å². The molecule has 2 fully saturated rings. The van der Waals surface area contributed by atoms with Crippen molar-refractivity contribution in [1.29, 1.82) is 0 Å². The molecule has 1 saturated carbocycles. The second-order valence-electron chi connectivity index (χ2n) is 5.29. The van der Waals surface area contributed by atoms with Crippen LogP contribution in [0.2, 0.25) is 0 Å². The molecular formula is C12H24N2O. The maximum absolute atomic E-state index is 10.3. The fourth-order valence-corrected chi connectivity index (χ4v) is 3.04. The molecule has 88 valence electrons. The lowest BCUT2D eigenvalue weighted by Crippen LogP contribution is -2.49. The summed E-state index contributed by atoms with van der Waals surface area (Å²) in [5.74, 6) is 0. The third-order valence-corrected chi connectivity index (χ3v) is 3.97. The highest BCUT2D eigenvalue weighted by Gasteiger charge is 2.34. The van der Waals surface area contributed by atoms with Gasteiger partial charge in [0.05, 0.1) is 5.60 Å². The van der Waals surface area contributed by atoms with E-state index in [0.717, 1.165) is 25.9 Å². The van der Waals surface area contributed by atoms with Crippen molar-refractivity contribution in [2.75, 3.05) is 26.7 Å². The molecule has 0 aromatic rings. The molecule has 1 aliphatic carbocycles. The Hall–Kier alpha value is -0.120. The summed E-state index contributed by atoms with van der Waals surface area (Å²) in [4.78, 5) is 2.44. The van der Waals surface area contributed by atoms with Crippen LogP contribution in [-0.2, 0) is 0 Å². The summed E-state index contributed by atoms with van der Waals surface area (Å²) in [6.45, 7) is 3.17. The van der Waals surface area contributed by atoms with Crippen molar-refractivity contribution in [1.82, 2.24) is 10.2 Å². The van der Waals surface area contributed by atoms with Crippen molar-refractivity contribution in [2.24, 2.45) is 0 Å². The van der Waals surface area contributed by atoms with E-state index in [1.54, 1.807) is 0 Å². The van der Waals surface area contributed by atoms with Gasteiger partial charge in [0.25, 0.3) is 0 Å². The summed E-state index contributed by atoms with van der Waals surface area (Å²) in [6.07, 6.45) is 6.98. The molecule has 1 aliphatic heterocycles. The van der Waals surface area contributed by atoms with Gasteiger partial charge < -0.3 is 10.4 Å². The van der Waals surface area contributed by atoms with Crippen LogP contribution in [-0.4, -0.2) is 48.3 Å². The van der Waals surface area contributed by atoms with Gasteiger partial charge in [-0.25, -0.2) is 0 Å². The van der Waals surface area contributed by atoms with Gasteiger partial charge in [0.1, 0.15) is 0 Å². The normalized spacial score (nSPS) is 32.0. The zero-order valence-electron chi connectivity index (χ0n) is 9.84. The molecule has 2 rings (SSSR count). The van der Waals surface area contributed by atoms with Gasteiger partial charge in [-0.2, -0.15) is 0 Å². The van der Waals surface area contributed by atoms with Crippen LogP contribution in [0.5, 0.6) is 0 Å². The lowest BCUT2D eigenvalue weighted by molar-refractivity contribution is 0.00121. The van der Waals surface area contributed by atoms with Crippen LogP contribution in [0.3, 0.4) is 0 Å². The lowest BCUT2D eigenvalue weighted by Gasteiger charge is -2.37. The topological polar surface area (TPSA) is 35.5 Å². The predicted octanol–water partition coefficient (Wildman–Crippen LogP) is 0.975. The van der Waals surface area contributed by atoms with Crippen LogP contribution in [0.4, 0.5) is 0 Å². The summed E-state index contributed by atoms with van der Waals surface area (Å²) in [6, 6.07) is 0.628. The second-order valence-corrected chi connectivity index (χ2v) is 5.29. The number of β-amino-alcohol motifs (C(OH)–C–C–N with tert-alkyl or cyclic N) is 1. The number of piperidine rings is 1. The molecule has 0 aromatic carbocycles. The molecule has 0 amide bonds. The fourth-order valence-electron chi connectivity index (χ4n) is 3.04. The molecule has 0 bridgehead atoms. The Morgan fingerprint density at radius 3 is 2.73 bits per heavy atom. The molecule has 1 unspecified atom stereocenters. The summed E-state index contributed by atoms with van der Waals surface area (Å²) >= 11 is 0. The first-order chi connectivity index (χ1) is 7.22. The third-order valence-electron chi connectivity index (χ3n) is 3.97. The highest BCUT2D eigenvalue weighted by molar-refractivity contribution is 4.89. The van der Waals surface area contributed by atoms with Gasteiger partial charge in [0.2, 0.25) is 0 Å². The standard InChI is InChI=1S/C12H24N2O/c1-13-11-5-4-8-14(9-11)10-12(15)6-2-3-7-12/h11,13,15H,2-10H2,1H3. The Bertz CT molecular complexity index is 202. The van der Waals surface area contributed by atoms with E-state index in [2.05, 4.69) is 10.2 Å². The van der Waals surface area contributed by atoms with E-state index in [1.807, 2.05) is 7.05 Å². The van der Waals surface area contributed by atoms with E-state index in [9.17, 15) is 5.11 Å². The SMILES string of the molecule is CNC1CCCN(CC2(O)CCCC2)C1. The van der Waals surface area contributed by atoms with Crippen molar-refractivity contribution in [3.8, 4) is 0 Å². The van der Waals surface area contributed by atoms with E-state index in [-0.39, 0.29) is 5.60 Å². The quantitative estimate of drug-likeness (QED) is 0.732. The Morgan fingerprint density at radius 2 is 2.07 bits per heavy atom. The molecule has 0 aromatic heterocycles. The first kappa shape index (κ1) is 11.4. The number of nitrogens with one attached hydrogen (secondary N) is 1. The number of aliphatic hydroxyl groups is 1. The number of nitrogens with zero attached hydrogens (tertiary/aromatic N) is 1. The third kappa shape index (κ3) is 2.92. The van der Waals surface area contributed by atoms with Crippen molar-refractivity contribution < 1.29 is 5.11 Å². The van der Waals surface area contributed by atoms with Crippen LogP contribution < -0.4 is 5.32 Å². The van der Waals surface area contributed by atoms with Crippen molar-refractivity contribution in [3.05, 3.63) is 0 Å². The van der Waals surface area contributed by atoms with Gasteiger partial charge in [-0.15, -0.1) is 0 Å². The maximum Gasteiger partial charge on any atom is 0.0774 e. The molecule has 0 spiro atoms. The van der Waals surface area contributed by atoms with Crippen molar-refractivity contribution in [3.63, 3.8) is 0 Å². The fraction of sp³-hybridized carbons (Fsp3) is 1.00. The summed E-state index contributed by atoms with van der Waals surface area (Å²) in [7, 11) is 2.04. The lowest BCUT2D eigenvalue weighted by atomic mass is 9.99. The van der Waals surface area contributed by atoms with E-state index in [0.29, 0.717) is 6.04 Å². The molecule has 1 heterocycles. The summed E-state index contributed by atoms with van der Waals surface area (Å²) in [5.41, 5.74) is -0.365. The van der Waals surface area contributed by atoms with Crippen molar-refractivity contribution >= 4 is 0 Å². The molecule has 2 aliphatic rings. The minimum absolute atomic E-state index is 0.365. The first-order valence-corrected chi connectivity index (χ1v) is 6.34. The number of rotatable bonds is 3. The van der Waals surface area contributed by atoms with Gasteiger partial charge in [0.15, 0.2) is 0 Å². The number of hydrogen-bond donors (Lipinski definition) is 2. The minimum Gasteiger partial charge on any atom is -0.389 e. The summed E-state index contributed by atoms with van der Waals surface area (Å²) in [5, 5.41) is 13.7. The Labute approximate surface area is 92.8 Å². The highest BCUT2D eigenvalue weighted by atomic mass is 16.3. The number of likely N-dealkylation sites (tertiary alicyclic amines) is 1. The average Bonchev–Trinajstić information content (AvgIpc) is 2.65. The van der Waals surface area contributed by atoms with Crippen LogP contribution in [0, 0.1) is 0 Å². The second kappa shape index (κ2) is 4.81. The van der Waals surface area contributed by atoms with Gasteiger partial charge in [-0.05, 0) is 39.3 Å². The van der Waals surface area contributed by atoms with Crippen molar-refractivity contribution in [2.45, 2.75) is 50.2 Å². The van der Waals surface area contributed by atoms with Crippen LogP contribution >= 0.6 is 0 Å². The predicted molar refractivity (Wildman–Crippen MR) is 61.9 cm³/mol. The Morgan fingerprint density at radius 1 is 1.33 bits per heavy atom. The van der Waals surface area contributed by atoms with Gasteiger partial charge >= 0.3 is 0 Å². The molecular weight excluding hydrogens is 188 g/mol. The molecule has 2 N–H and O–H groups in total. The largest absolute Gasteiger partial charge is 0.389 e. The first-order valence-electron chi connectivity index (χ1n) is 6.34. The smallest absolute Gasteiger partial charge is 0.0774 e. The monoisotopic (exact) mass is 212 g/mol. The average molecular weight is 212 g/mol. The number of hydrogen-bond acceptors (Lipinski definition) is 3. The van der Waals surface area contributed by atoms with Gasteiger partial charge in [-0.1, -0.05) is 12.8 Å². The molecule has 15 heavy (non-hydrogen) atoms. The maximum atomic E-state index is 10.3. The van der Waals surface area contributed by atoms with Crippen LogP contribution in [0.15, 0.2) is 0 Å². The van der Waals surface area contributed by atoms with E-state index in [1.165, 1.54) is 32.2 Å². The molecule has 3 heteroatoms. The van der Waals surface area contributed by atoms with E-state index in [4.69, 9.17) is 0 Å². The highest BCUT2D eigenvalue weighted by Crippen LogP contribution is 2.30. The zero-order valence-corrected chi connectivity index (χ0v) is 9.84. The Balaban J connectivity index is 1.83. The minimum atomic E-state index is -0.365.